The van der Waals surface area contributed by atoms with Crippen molar-refractivity contribution < 1.29 is 4.74 Å². The van der Waals surface area contributed by atoms with E-state index in [1.807, 2.05) is 6.20 Å². The Labute approximate surface area is 78.9 Å². The van der Waals surface area contributed by atoms with Gasteiger partial charge in [0.15, 0.2) is 0 Å². The molecule has 1 saturated carbocycles. The number of aryl methyl sites for hydroxylation is 1. The molecule has 2 rings (SSSR count). The zero-order valence-electron chi connectivity index (χ0n) is 7.99. The van der Waals surface area contributed by atoms with Crippen molar-refractivity contribution in [2.75, 3.05) is 0 Å². The number of hydrogen-bond acceptors (Lipinski definition) is 2. The lowest BCUT2D eigenvalue weighted by Crippen LogP contribution is -1.97. The van der Waals surface area contributed by atoms with Gasteiger partial charge in [-0.25, -0.2) is 0 Å². The van der Waals surface area contributed by atoms with E-state index in [1.54, 1.807) is 6.20 Å². The molecule has 0 amide bonds. The summed E-state index contributed by atoms with van der Waals surface area (Å²) in [6.45, 7) is 2.18. The zero-order chi connectivity index (χ0) is 9.10. The fourth-order valence-electron chi connectivity index (χ4n) is 1.33. The molecule has 2 heteroatoms. The van der Waals surface area contributed by atoms with Crippen LogP contribution in [0.25, 0.3) is 0 Å². The van der Waals surface area contributed by atoms with Gasteiger partial charge in [0.05, 0.1) is 12.3 Å². The summed E-state index contributed by atoms with van der Waals surface area (Å²) in [6.07, 6.45) is 8.86. The summed E-state index contributed by atoms with van der Waals surface area (Å²) in [7, 11) is 0. The molecule has 1 aromatic rings. The van der Waals surface area contributed by atoms with Crippen LogP contribution in [0.5, 0.6) is 5.75 Å². The quantitative estimate of drug-likeness (QED) is 0.705. The molecular formula is C11H15NO. The van der Waals surface area contributed by atoms with Gasteiger partial charge in [-0.2, -0.15) is 0 Å². The smallest absolute Gasteiger partial charge is 0.138 e. The number of aromatic nitrogens is 1. The van der Waals surface area contributed by atoms with E-state index in [9.17, 15) is 0 Å². The predicted molar refractivity (Wildman–Crippen MR) is 51.9 cm³/mol. The summed E-state index contributed by atoms with van der Waals surface area (Å²) in [6, 6.07) is 2.11. The highest BCUT2D eigenvalue weighted by Crippen LogP contribution is 2.26. The lowest BCUT2D eigenvalue weighted by atomic mass is 10.2. The van der Waals surface area contributed by atoms with Crippen LogP contribution in [0.1, 0.15) is 31.7 Å². The Balaban J connectivity index is 2.02. The van der Waals surface area contributed by atoms with E-state index in [0.29, 0.717) is 6.10 Å². The van der Waals surface area contributed by atoms with Crippen LogP contribution in [0.3, 0.4) is 0 Å². The van der Waals surface area contributed by atoms with E-state index in [1.165, 1.54) is 18.4 Å². The first-order chi connectivity index (χ1) is 6.38. The third-order valence-corrected chi connectivity index (χ3v) is 2.14. The molecule has 1 heterocycles. The topological polar surface area (TPSA) is 22.1 Å². The minimum absolute atomic E-state index is 0.471. The van der Waals surface area contributed by atoms with Crippen LogP contribution in [0.2, 0.25) is 0 Å². The number of pyridine rings is 1. The molecular weight excluding hydrogens is 162 g/mol. The third kappa shape index (κ3) is 2.44. The predicted octanol–water partition coefficient (Wildman–Crippen LogP) is 2.58. The SMILES string of the molecule is CCCc1cncc(OC2CC2)c1. The molecule has 1 aliphatic carbocycles. The summed E-state index contributed by atoms with van der Waals surface area (Å²) in [5.74, 6) is 0.938. The number of ether oxygens (including phenoxy) is 1. The average Bonchev–Trinajstić information content (AvgIpc) is 2.90. The van der Waals surface area contributed by atoms with Gasteiger partial charge < -0.3 is 4.74 Å². The first kappa shape index (κ1) is 8.54. The van der Waals surface area contributed by atoms with Crippen LogP contribution in [-0.4, -0.2) is 11.1 Å². The highest BCUT2D eigenvalue weighted by molar-refractivity contribution is 5.24. The monoisotopic (exact) mass is 177 g/mol. The number of rotatable bonds is 4. The molecule has 0 atom stereocenters. The molecule has 70 valence electrons. The summed E-state index contributed by atoms with van der Waals surface area (Å²) >= 11 is 0. The van der Waals surface area contributed by atoms with E-state index in [4.69, 9.17) is 4.74 Å². The van der Waals surface area contributed by atoms with Crippen LogP contribution in [0, 0.1) is 0 Å². The van der Waals surface area contributed by atoms with Gasteiger partial charge >= 0.3 is 0 Å². The van der Waals surface area contributed by atoms with Crippen molar-refractivity contribution in [2.45, 2.75) is 38.7 Å². The first-order valence-corrected chi connectivity index (χ1v) is 4.99. The van der Waals surface area contributed by atoms with Crippen molar-refractivity contribution >= 4 is 0 Å². The van der Waals surface area contributed by atoms with E-state index >= 15 is 0 Å². The summed E-state index contributed by atoms with van der Waals surface area (Å²) in [4.78, 5) is 4.16. The van der Waals surface area contributed by atoms with E-state index in [0.717, 1.165) is 18.6 Å². The maximum absolute atomic E-state index is 5.65. The van der Waals surface area contributed by atoms with Crippen LogP contribution < -0.4 is 4.74 Å². The lowest BCUT2D eigenvalue weighted by Gasteiger charge is -2.04. The van der Waals surface area contributed by atoms with E-state index in [-0.39, 0.29) is 0 Å². The van der Waals surface area contributed by atoms with Gasteiger partial charge in [0.1, 0.15) is 5.75 Å². The van der Waals surface area contributed by atoms with Crippen LogP contribution in [0.15, 0.2) is 18.5 Å². The number of hydrogen-bond donors (Lipinski definition) is 0. The molecule has 0 radical (unpaired) electrons. The van der Waals surface area contributed by atoms with Crippen LogP contribution in [0.4, 0.5) is 0 Å². The standard InChI is InChI=1S/C11H15NO/c1-2-3-9-6-11(8-12-7-9)13-10-4-5-10/h6-8,10H,2-5H2,1H3. The van der Waals surface area contributed by atoms with Gasteiger partial charge in [0.2, 0.25) is 0 Å². The highest BCUT2D eigenvalue weighted by atomic mass is 16.5. The van der Waals surface area contributed by atoms with Crippen molar-refractivity contribution in [3.05, 3.63) is 24.0 Å². The molecule has 0 aliphatic heterocycles. The molecule has 1 fully saturated rings. The Morgan fingerprint density at radius 3 is 3.00 bits per heavy atom. The Hall–Kier alpha value is -1.05. The molecule has 0 N–H and O–H groups in total. The molecule has 13 heavy (non-hydrogen) atoms. The fraction of sp³-hybridized carbons (Fsp3) is 0.545. The molecule has 0 saturated heterocycles. The maximum Gasteiger partial charge on any atom is 0.138 e. The van der Waals surface area contributed by atoms with Gasteiger partial charge in [-0.05, 0) is 30.9 Å². The van der Waals surface area contributed by atoms with E-state index in [2.05, 4.69) is 18.0 Å². The van der Waals surface area contributed by atoms with Gasteiger partial charge in [-0.3, -0.25) is 4.98 Å². The minimum Gasteiger partial charge on any atom is -0.489 e. The van der Waals surface area contributed by atoms with Crippen LogP contribution >= 0.6 is 0 Å². The van der Waals surface area contributed by atoms with Gasteiger partial charge in [0.25, 0.3) is 0 Å². The molecule has 0 bridgehead atoms. The van der Waals surface area contributed by atoms with E-state index < -0.39 is 0 Å². The Morgan fingerprint density at radius 2 is 2.31 bits per heavy atom. The highest BCUT2D eigenvalue weighted by Gasteiger charge is 2.23. The van der Waals surface area contributed by atoms with Crippen molar-refractivity contribution in [2.24, 2.45) is 0 Å². The Kier molecular flexibility index (Phi) is 2.48. The minimum atomic E-state index is 0.471. The molecule has 0 spiro atoms. The molecule has 2 nitrogen and oxygen atoms in total. The largest absolute Gasteiger partial charge is 0.489 e. The lowest BCUT2D eigenvalue weighted by molar-refractivity contribution is 0.301. The summed E-state index contributed by atoms with van der Waals surface area (Å²) < 4.78 is 5.65. The normalized spacial score (nSPS) is 15.8. The maximum atomic E-state index is 5.65. The Morgan fingerprint density at radius 1 is 1.46 bits per heavy atom. The molecule has 1 aromatic heterocycles. The number of nitrogens with zero attached hydrogens (tertiary/aromatic N) is 1. The Bertz CT molecular complexity index is 281. The first-order valence-electron chi connectivity index (χ1n) is 4.99. The average molecular weight is 177 g/mol. The van der Waals surface area contributed by atoms with Crippen molar-refractivity contribution in [3.8, 4) is 5.75 Å². The van der Waals surface area contributed by atoms with Gasteiger partial charge in [0, 0.05) is 6.20 Å². The van der Waals surface area contributed by atoms with Gasteiger partial charge in [-0.1, -0.05) is 13.3 Å². The van der Waals surface area contributed by atoms with Crippen molar-refractivity contribution in [3.63, 3.8) is 0 Å². The zero-order valence-corrected chi connectivity index (χ0v) is 7.99. The second-order valence-electron chi connectivity index (χ2n) is 3.60. The second-order valence-corrected chi connectivity index (χ2v) is 3.60. The van der Waals surface area contributed by atoms with Crippen molar-refractivity contribution in [1.82, 2.24) is 4.98 Å². The van der Waals surface area contributed by atoms with Crippen molar-refractivity contribution in [1.29, 1.82) is 0 Å². The molecule has 0 aromatic carbocycles. The van der Waals surface area contributed by atoms with Crippen LogP contribution in [-0.2, 0) is 6.42 Å². The molecule has 1 aliphatic rings. The third-order valence-electron chi connectivity index (χ3n) is 2.14. The fourth-order valence-corrected chi connectivity index (χ4v) is 1.33. The molecule has 0 unspecified atom stereocenters. The second kappa shape index (κ2) is 3.77. The van der Waals surface area contributed by atoms with Gasteiger partial charge in [-0.15, -0.1) is 0 Å². The summed E-state index contributed by atoms with van der Waals surface area (Å²) in [5, 5.41) is 0. The summed E-state index contributed by atoms with van der Waals surface area (Å²) in [5.41, 5.74) is 1.28.